The number of benzene rings is 1. The van der Waals surface area contributed by atoms with Gasteiger partial charge in [-0.1, -0.05) is 11.3 Å². The van der Waals surface area contributed by atoms with Gasteiger partial charge >= 0.3 is 0 Å². The van der Waals surface area contributed by atoms with E-state index >= 15 is 0 Å². The molecule has 1 aliphatic carbocycles. The normalized spacial score (nSPS) is 13.9. The minimum atomic E-state index is 0.206. The van der Waals surface area contributed by atoms with Crippen LogP contribution in [0.3, 0.4) is 0 Å². The van der Waals surface area contributed by atoms with Crippen LogP contribution in [0.5, 0.6) is 0 Å². The van der Waals surface area contributed by atoms with E-state index < -0.39 is 0 Å². The lowest BCUT2D eigenvalue weighted by molar-refractivity contribution is 0.815. The van der Waals surface area contributed by atoms with Crippen LogP contribution in [-0.2, 0) is 12.8 Å². The minimum absolute atomic E-state index is 0.206. The van der Waals surface area contributed by atoms with E-state index in [0.29, 0.717) is 11.2 Å². The molecule has 0 saturated heterocycles. The molecular weight excluding hydrogens is 262 g/mol. The molecule has 0 radical (unpaired) electrons. The zero-order valence-corrected chi connectivity index (χ0v) is 10.8. The molecular formula is C13H10ClN5. The summed E-state index contributed by atoms with van der Waals surface area (Å²) in [6, 6.07) is 6.37. The Morgan fingerprint density at radius 3 is 3.00 bits per heavy atom. The molecule has 0 atom stereocenters. The first kappa shape index (κ1) is 10.9. The van der Waals surface area contributed by atoms with E-state index in [-0.39, 0.29) is 5.28 Å². The molecule has 0 N–H and O–H groups in total. The molecule has 0 amide bonds. The predicted molar refractivity (Wildman–Crippen MR) is 71.5 cm³/mol. The molecule has 3 aromatic rings. The summed E-state index contributed by atoms with van der Waals surface area (Å²) in [7, 11) is 0. The van der Waals surface area contributed by atoms with E-state index in [2.05, 4.69) is 32.4 Å². The van der Waals surface area contributed by atoms with E-state index in [9.17, 15) is 0 Å². The van der Waals surface area contributed by atoms with Crippen molar-refractivity contribution in [3.8, 4) is 5.69 Å². The highest BCUT2D eigenvalue weighted by molar-refractivity contribution is 6.28. The second-order valence-electron chi connectivity index (χ2n) is 4.66. The van der Waals surface area contributed by atoms with Gasteiger partial charge in [0.1, 0.15) is 0 Å². The summed E-state index contributed by atoms with van der Waals surface area (Å²) in [5, 5.41) is 8.40. The van der Waals surface area contributed by atoms with Gasteiger partial charge in [0.2, 0.25) is 5.28 Å². The van der Waals surface area contributed by atoms with Gasteiger partial charge in [0.25, 0.3) is 0 Å². The van der Waals surface area contributed by atoms with Crippen LogP contribution in [-0.4, -0.2) is 25.0 Å². The Kier molecular flexibility index (Phi) is 2.29. The lowest BCUT2D eigenvalue weighted by Crippen LogP contribution is -1.99. The summed E-state index contributed by atoms with van der Waals surface area (Å²) in [5.74, 6) is 0. The zero-order chi connectivity index (χ0) is 12.8. The van der Waals surface area contributed by atoms with Gasteiger partial charge in [0.15, 0.2) is 11.2 Å². The molecule has 19 heavy (non-hydrogen) atoms. The maximum absolute atomic E-state index is 5.84. The fourth-order valence-electron chi connectivity index (χ4n) is 2.57. The topological polar surface area (TPSA) is 56.5 Å². The van der Waals surface area contributed by atoms with E-state index in [1.807, 2.05) is 6.07 Å². The number of aryl methyl sites for hydroxylation is 2. The Bertz CT molecular complexity index is 780. The second-order valence-corrected chi connectivity index (χ2v) is 4.99. The third kappa shape index (κ3) is 1.69. The summed E-state index contributed by atoms with van der Waals surface area (Å²) in [5.41, 5.74) is 5.07. The van der Waals surface area contributed by atoms with Crippen molar-refractivity contribution in [3.63, 3.8) is 0 Å². The van der Waals surface area contributed by atoms with Crippen LogP contribution in [0.25, 0.3) is 16.9 Å². The van der Waals surface area contributed by atoms with Gasteiger partial charge in [-0.2, -0.15) is 9.67 Å². The maximum Gasteiger partial charge on any atom is 0.224 e. The Balaban J connectivity index is 1.92. The summed E-state index contributed by atoms with van der Waals surface area (Å²) < 4.78 is 1.71. The second kappa shape index (κ2) is 3.99. The van der Waals surface area contributed by atoms with Crippen molar-refractivity contribution in [2.24, 2.45) is 0 Å². The van der Waals surface area contributed by atoms with Crippen LogP contribution >= 0.6 is 11.6 Å². The monoisotopic (exact) mass is 271 g/mol. The molecule has 4 rings (SSSR count). The van der Waals surface area contributed by atoms with Gasteiger partial charge in [-0.15, -0.1) is 5.10 Å². The molecule has 2 heterocycles. The molecule has 5 nitrogen and oxygen atoms in total. The van der Waals surface area contributed by atoms with E-state index in [1.165, 1.54) is 24.0 Å². The van der Waals surface area contributed by atoms with Gasteiger partial charge < -0.3 is 0 Å². The average molecular weight is 272 g/mol. The SMILES string of the molecule is Clc1ncc2nnn(-c3ccc4c(c3)CCC4)c2n1. The Morgan fingerprint density at radius 1 is 1.16 bits per heavy atom. The molecule has 0 spiro atoms. The van der Waals surface area contributed by atoms with Crippen molar-refractivity contribution in [3.05, 3.63) is 40.8 Å². The number of hydrogen-bond donors (Lipinski definition) is 0. The molecule has 1 aromatic carbocycles. The third-order valence-electron chi connectivity index (χ3n) is 3.49. The van der Waals surface area contributed by atoms with Gasteiger partial charge in [-0.05, 0) is 54.1 Å². The summed E-state index contributed by atoms with van der Waals surface area (Å²) >= 11 is 5.84. The fourth-order valence-corrected chi connectivity index (χ4v) is 2.70. The van der Waals surface area contributed by atoms with Crippen LogP contribution in [0.15, 0.2) is 24.4 Å². The Hall–Kier alpha value is -2.01. The molecule has 0 bridgehead atoms. The van der Waals surface area contributed by atoms with Crippen LogP contribution in [0.2, 0.25) is 5.28 Å². The van der Waals surface area contributed by atoms with Gasteiger partial charge in [-0.3, -0.25) is 0 Å². The lowest BCUT2D eigenvalue weighted by atomic mass is 10.1. The number of fused-ring (bicyclic) bond motifs is 2. The largest absolute Gasteiger partial charge is 0.224 e. The van der Waals surface area contributed by atoms with E-state index in [1.54, 1.807) is 10.9 Å². The molecule has 2 aromatic heterocycles. The van der Waals surface area contributed by atoms with Crippen molar-refractivity contribution < 1.29 is 0 Å². The van der Waals surface area contributed by atoms with E-state index in [4.69, 9.17) is 11.6 Å². The summed E-state index contributed by atoms with van der Waals surface area (Å²) in [4.78, 5) is 8.11. The predicted octanol–water partition coefficient (Wildman–Crippen LogP) is 2.35. The first-order valence-corrected chi connectivity index (χ1v) is 6.55. The van der Waals surface area contributed by atoms with E-state index in [0.717, 1.165) is 12.1 Å². The fraction of sp³-hybridized carbons (Fsp3) is 0.231. The molecule has 0 aliphatic heterocycles. The molecule has 0 saturated carbocycles. The van der Waals surface area contributed by atoms with Crippen LogP contribution in [0, 0.1) is 0 Å². The van der Waals surface area contributed by atoms with Crippen LogP contribution < -0.4 is 0 Å². The standard InChI is InChI=1S/C13H10ClN5/c14-13-15-7-11-12(16-13)19(18-17-11)10-5-4-8-2-1-3-9(8)6-10/h4-7H,1-3H2. The summed E-state index contributed by atoms with van der Waals surface area (Å²) in [6.45, 7) is 0. The number of rotatable bonds is 1. The van der Waals surface area contributed by atoms with Crippen molar-refractivity contribution in [1.82, 2.24) is 25.0 Å². The quantitative estimate of drug-likeness (QED) is 0.638. The van der Waals surface area contributed by atoms with Gasteiger partial charge in [-0.25, -0.2) is 4.98 Å². The highest BCUT2D eigenvalue weighted by Crippen LogP contribution is 2.25. The molecule has 94 valence electrons. The van der Waals surface area contributed by atoms with Crippen molar-refractivity contribution in [1.29, 1.82) is 0 Å². The number of halogens is 1. The number of nitrogens with zero attached hydrogens (tertiary/aromatic N) is 5. The summed E-state index contributed by atoms with van der Waals surface area (Å²) in [6.07, 6.45) is 5.11. The van der Waals surface area contributed by atoms with Gasteiger partial charge in [0.05, 0.1) is 11.9 Å². The Labute approximate surface area is 114 Å². The third-order valence-corrected chi connectivity index (χ3v) is 3.67. The minimum Gasteiger partial charge on any atom is -0.224 e. The molecule has 6 heteroatoms. The highest BCUT2D eigenvalue weighted by Gasteiger charge is 2.14. The molecule has 0 fully saturated rings. The van der Waals surface area contributed by atoms with Crippen molar-refractivity contribution >= 4 is 22.8 Å². The van der Waals surface area contributed by atoms with Gasteiger partial charge in [0, 0.05) is 0 Å². The number of hydrogen-bond acceptors (Lipinski definition) is 4. The first-order chi connectivity index (χ1) is 9.31. The lowest BCUT2D eigenvalue weighted by Gasteiger charge is -2.04. The molecule has 1 aliphatic rings. The van der Waals surface area contributed by atoms with Crippen molar-refractivity contribution in [2.75, 3.05) is 0 Å². The maximum atomic E-state index is 5.84. The zero-order valence-electron chi connectivity index (χ0n) is 10.0. The van der Waals surface area contributed by atoms with Crippen LogP contribution in [0.1, 0.15) is 17.5 Å². The van der Waals surface area contributed by atoms with Crippen molar-refractivity contribution in [2.45, 2.75) is 19.3 Å². The molecule has 0 unspecified atom stereocenters. The number of aromatic nitrogens is 5. The smallest absolute Gasteiger partial charge is 0.224 e. The first-order valence-electron chi connectivity index (χ1n) is 6.17. The average Bonchev–Trinajstić information content (AvgIpc) is 3.03. The highest BCUT2D eigenvalue weighted by atomic mass is 35.5. The Morgan fingerprint density at radius 2 is 2.05 bits per heavy atom. The van der Waals surface area contributed by atoms with Crippen LogP contribution in [0.4, 0.5) is 0 Å².